The van der Waals surface area contributed by atoms with E-state index in [0.29, 0.717) is 11.3 Å². The van der Waals surface area contributed by atoms with Crippen molar-refractivity contribution in [2.75, 3.05) is 18.6 Å². The Morgan fingerprint density at radius 1 is 1.18 bits per heavy atom. The highest BCUT2D eigenvalue weighted by molar-refractivity contribution is 6.08. The van der Waals surface area contributed by atoms with E-state index in [4.69, 9.17) is 4.74 Å². The first kappa shape index (κ1) is 14.6. The highest BCUT2D eigenvalue weighted by Gasteiger charge is 2.27. The summed E-state index contributed by atoms with van der Waals surface area (Å²) in [5.41, 5.74) is 4.24. The lowest BCUT2D eigenvalue weighted by Gasteiger charge is -2.32. The van der Waals surface area contributed by atoms with Gasteiger partial charge in [-0.05, 0) is 42.5 Å². The molecule has 1 aliphatic rings. The predicted molar refractivity (Wildman–Crippen MR) is 88.8 cm³/mol. The van der Waals surface area contributed by atoms with Gasteiger partial charge in [-0.1, -0.05) is 37.3 Å². The first-order chi connectivity index (χ1) is 10.8. The molecule has 0 saturated carbocycles. The Labute approximate surface area is 131 Å². The zero-order chi connectivity index (χ0) is 15.5. The Bertz CT molecular complexity index is 679. The Balaban J connectivity index is 2.06. The van der Waals surface area contributed by atoms with Gasteiger partial charge in [-0.15, -0.1) is 0 Å². The number of ether oxygens (including phenoxy) is 1. The third-order valence-corrected chi connectivity index (χ3v) is 4.26. The number of carbonyl (C=O) groups excluding carboxylic acids is 1. The van der Waals surface area contributed by atoms with Crippen molar-refractivity contribution in [3.63, 3.8) is 0 Å². The fraction of sp³-hybridized carbons (Fsp3) is 0.316. The monoisotopic (exact) mass is 295 g/mol. The minimum absolute atomic E-state index is 0.0271. The fourth-order valence-corrected chi connectivity index (χ4v) is 3.19. The largest absolute Gasteiger partial charge is 0.496 e. The molecule has 0 radical (unpaired) electrons. The molecule has 114 valence electrons. The van der Waals surface area contributed by atoms with E-state index in [1.54, 1.807) is 7.11 Å². The van der Waals surface area contributed by atoms with Crippen LogP contribution < -0.4 is 9.64 Å². The third kappa shape index (κ3) is 2.47. The van der Waals surface area contributed by atoms with Crippen molar-refractivity contribution >= 4 is 11.6 Å². The summed E-state index contributed by atoms with van der Waals surface area (Å²) in [4.78, 5) is 15.0. The van der Waals surface area contributed by atoms with Gasteiger partial charge in [0.15, 0.2) is 0 Å². The second-order valence-corrected chi connectivity index (χ2v) is 5.54. The number of hydrogen-bond donors (Lipinski definition) is 0. The van der Waals surface area contributed by atoms with Gasteiger partial charge in [0.25, 0.3) is 5.91 Å². The van der Waals surface area contributed by atoms with Crippen LogP contribution in [-0.4, -0.2) is 19.6 Å². The molecule has 3 heteroatoms. The van der Waals surface area contributed by atoms with Gasteiger partial charge in [0.05, 0.1) is 18.4 Å². The summed E-state index contributed by atoms with van der Waals surface area (Å²) in [6.45, 7) is 2.90. The molecule has 0 bridgehead atoms. The molecule has 0 aromatic heterocycles. The third-order valence-electron chi connectivity index (χ3n) is 4.26. The number of amides is 1. The number of nitrogens with zero attached hydrogens (tertiary/aromatic N) is 1. The number of fused-ring (bicyclic) bond motifs is 1. The van der Waals surface area contributed by atoms with Crippen LogP contribution in [0.2, 0.25) is 0 Å². The summed E-state index contributed by atoms with van der Waals surface area (Å²) < 4.78 is 5.35. The van der Waals surface area contributed by atoms with Gasteiger partial charge in [0.1, 0.15) is 5.75 Å². The number of carbonyl (C=O) groups is 1. The van der Waals surface area contributed by atoms with Crippen LogP contribution in [0.4, 0.5) is 5.69 Å². The van der Waals surface area contributed by atoms with Crippen molar-refractivity contribution in [2.24, 2.45) is 0 Å². The number of aryl methyl sites for hydroxylation is 2. The molecule has 0 fully saturated rings. The Hall–Kier alpha value is -2.29. The standard InChI is InChI=1S/C19H21NO2/c1-3-14-8-6-9-15-10-7-13-20(18(14)15)19(21)16-11-4-5-12-17(16)22-2/h4-6,8-9,11-12H,3,7,10,13H2,1-2H3. The molecule has 1 amide bonds. The molecule has 0 aliphatic carbocycles. The topological polar surface area (TPSA) is 29.5 Å². The summed E-state index contributed by atoms with van der Waals surface area (Å²) in [7, 11) is 1.60. The predicted octanol–water partition coefficient (Wildman–Crippen LogP) is 3.85. The van der Waals surface area contributed by atoms with Gasteiger partial charge in [-0.3, -0.25) is 4.79 Å². The van der Waals surface area contributed by atoms with E-state index in [0.717, 1.165) is 31.5 Å². The SMILES string of the molecule is CCc1cccc2c1N(C(=O)c1ccccc1OC)CCC2. The molecule has 2 aromatic rings. The minimum atomic E-state index is 0.0271. The van der Waals surface area contributed by atoms with Gasteiger partial charge >= 0.3 is 0 Å². The van der Waals surface area contributed by atoms with Crippen LogP contribution in [-0.2, 0) is 12.8 Å². The number of hydrogen-bond acceptors (Lipinski definition) is 2. The van der Waals surface area contributed by atoms with Gasteiger partial charge in [-0.2, -0.15) is 0 Å². The number of methoxy groups -OCH3 is 1. The normalized spacial score (nSPS) is 13.6. The van der Waals surface area contributed by atoms with E-state index in [1.807, 2.05) is 29.2 Å². The van der Waals surface area contributed by atoms with Gasteiger partial charge < -0.3 is 9.64 Å². The zero-order valence-corrected chi connectivity index (χ0v) is 13.1. The summed E-state index contributed by atoms with van der Waals surface area (Å²) in [5.74, 6) is 0.660. The highest BCUT2D eigenvalue weighted by atomic mass is 16.5. The zero-order valence-electron chi connectivity index (χ0n) is 13.1. The van der Waals surface area contributed by atoms with Crippen LogP contribution in [0.1, 0.15) is 34.8 Å². The van der Waals surface area contributed by atoms with Crippen molar-refractivity contribution in [1.82, 2.24) is 0 Å². The van der Waals surface area contributed by atoms with E-state index < -0.39 is 0 Å². The van der Waals surface area contributed by atoms with Gasteiger partial charge in [0, 0.05) is 6.54 Å². The van der Waals surface area contributed by atoms with Crippen LogP contribution in [0.15, 0.2) is 42.5 Å². The number of benzene rings is 2. The van der Waals surface area contributed by atoms with Crippen LogP contribution in [0.3, 0.4) is 0 Å². The van der Waals surface area contributed by atoms with Crippen LogP contribution in [0.25, 0.3) is 0 Å². The quantitative estimate of drug-likeness (QED) is 0.860. The van der Waals surface area contributed by atoms with E-state index in [1.165, 1.54) is 11.1 Å². The molecule has 1 heterocycles. The first-order valence-electron chi connectivity index (χ1n) is 7.82. The second-order valence-electron chi connectivity index (χ2n) is 5.54. The highest BCUT2D eigenvalue weighted by Crippen LogP contribution is 2.33. The Kier molecular flexibility index (Phi) is 4.14. The van der Waals surface area contributed by atoms with Crippen LogP contribution >= 0.6 is 0 Å². The smallest absolute Gasteiger partial charge is 0.262 e. The minimum Gasteiger partial charge on any atom is -0.496 e. The van der Waals surface area contributed by atoms with Crippen molar-refractivity contribution in [1.29, 1.82) is 0 Å². The van der Waals surface area contributed by atoms with E-state index in [-0.39, 0.29) is 5.91 Å². The van der Waals surface area contributed by atoms with Gasteiger partial charge in [0.2, 0.25) is 0 Å². The average molecular weight is 295 g/mol. The molecule has 0 unspecified atom stereocenters. The molecular formula is C19H21NO2. The maximum atomic E-state index is 13.1. The first-order valence-corrected chi connectivity index (χ1v) is 7.82. The molecule has 0 saturated heterocycles. The Morgan fingerprint density at radius 3 is 2.77 bits per heavy atom. The molecule has 1 aliphatic heterocycles. The van der Waals surface area contributed by atoms with Crippen molar-refractivity contribution < 1.29 is 9.53 Å². The number of anilines is 1. The van der Waals surface area contributed by atoms with Crippen LogP contribution in [0.5, 0.6) is 5.75 Å². The van der Waals surface area contributed by atoms with Gasteiger partial charge in [-0.25, -0.2) is 0 Å². The second kappa shape index (κ2) is 6.22. The van der Waals surface area contributed by atoms with Crippen molar-refractivity contribution in [2.45, 2.75) is 26.2 Å². The molecule has 0 N–H and O–H groups in total. The summed E-state index contributed by atoms with van der Waals surface area (Å²) in [5, 5.41) is 0. The van der Waals surface area contributed by atoms with E-state index in [9.17, 15) is 4.79 Å². The summed E-state index contributed by atoms with van der Waals surface area (Å²) in [6.07, 6.45) is 2.97. The molecule has 3 rings (SSSR count). The van der Waals surface area contributed by atoms with Crippen molar-refractivity contribution in [3.8, 4) is 5.75 Å². The fourth-order valence-electron chi connectivity index (χ4n) is 3.19. The van der Waals surface area contributed by atoms with E-state index in [2.05, 4.69) is 25.1 Å². The number of rotatable bonds is 3. The average Bonchev–Trinajstić information content (AvgIpc) is 2.60. The lowest BCUT2D eigenvalue weighted by atomic mass is 9.95. The maximum absolute atomic E-state index is 13.1. The lowest BCUT2D eigenvalue weighted by Crippen LogP contribution is -2.36. The van der Waals surface area contributed by atoms with E-state index >= 15 is 0 Å². The summed E-state index contributed by atoms with van der Waals surface area (Å²) in [6, 6.07) is 13.8. The number of para-hydroxylation sites is 2. The lowest BCUT2D eigenvalue weighted by molar-refractivity contribution is 0.0982. The van der Waals surface area contributed by atoms with Crippen LogP contribution in [0, 0.1) is 0 Å². The molecule has 22 heavy (non-hydrogen) atoms. The molecular weight excluding hydrogens is 274 g/mol. The molecule has 2 aromatic carbocycles. The molecule has 0 atom stereocenters. The van der Waals surface area contributed by atoms with Crippen molar-refractivity contribution in [3.05, 3.63) is 59.2 Å². The molecule has 0 spiro atoms. The molecule has 3 nitrogen and oxygen atoms in total. The maximum Gasteiger partial charge on any atom is 0.262 e. The summed E-state index contributed by atoms with van der Waals surface area (Å²) >= 11 is 0. The Morgan fingerprint density at radius 2 is 2.00 bits per heavy atom.